The third-order valence-electron chi connectivity index (χ3n) is 4.27. The van der Waals surface area contributed by atoms with Crippen LogP contribution in [0.2, 0.25) is 0 Å². The molecule has 1 unspecified atom stereocenters. The molecule has 0 bridgehead atoms. The highest BCUT2D eigenvalue weighted by atomic mass is 16.1. The fraction of sp³-hybridized carbons (Fsp3) is 0.562. The number of pyridine rings is 1. The number of piperidine rings is 1. The number of nitrogens with one attached hydrogen (secondary N) is 1. The van der Waals surface area contributed by atoms with E-state index in [1.54, 1.807) is 4.68 Å². The standard InChI is InChI=1S/C16H23N5O/c1-20(2)14-7-6-12-15(19-21(3)16(12)18-14)13(22)9-11-5-4-8-17-10-11/h6-7,11,17H,4-5,8-10H2,1-3H3. The average molecular weight is 301 g/mol. The average Bonchev–Trinajstić information content (AvgIpc) is 2.85. The molecular weight excluding hydrogens is 278 g/mol. The van der Waals surface area contributed by atoms with Gasteiger partial charge in [0.25, 0.3) is 0 Å². The molecule has 3 heterocycles. The van der Waals surface area contributed by atoms with E-state index in [1.807, 2.05) is 38.2 Å². The van der Waals surface area contributed by atoms with Crippen molar-refractivity contribution >= 4 is 22.6 Å². The van der Waals surface area contributed by atoms with Crippen LogP contribution in [-0.2, 0) is 7.05 Å². The van der Waals surface area contributed by atoms with Crippen LogP contribution in [0.5, 0.6) is 0 Å². The van der Waals surface area contributed by atoms with E-state index in [0.717, 1.165) is 42.8 Å². The van der Waals surface area contributed by atoms with Gasteiger partial charge in [0.15, 0.2) is 11.4 Å². The number of fused-ring (bicyclic) bond motifs is 1. The van der Waals surface area contributed by atoms with Crippen molar-refractivity contribution in [3.63, 3.8) is 0 Å². The first-order chi connectivity index (χ1) is 10.6. The number of aromatic nitrogens is 3. The molecule has 0 aliphatic carbocycles. The zero-order valence-electron chi connectivity index (χ0n) is 13.5. The molecule has 1 aliphatic heterocycles. The van der Waals surface area contributed by atoms with Crippen molar-refractivity contribution in [2.24, 2.45) is 13.0 Å². The van der Waals surface area contributed by atoms with Crippen molar-refractivity contribution < 1.29 is 4.79 Å². The number of nitrogens with zero attached hydrogens (tertiary/aromatic N) is 4. The van der Waals surface area contributed by atoms with Gasteiger partial charge in [-0.2, -0.15) is 5.10 Å². The molecule has 118 valence electrons. The van der Waals surface area contributed by atoms with E-state index in [2.05, 4.69) is 15.4 Å². The maximum Gasteiger partial charge on any atom is 0.184 e. The third-order valence-corrected chi connectivity index (χ3v) is 4.27. The van der Waals surface area contributed by atoms with Gasteiger partial charge in [-0.15, -0.1) is 0 Å². The Bertz CT molecular complexity index is 685. The van der Waals surface area contributed by atoms with Crippen molar-refractivity contribution in [2.45, 2.75) is 19.3 Å². The highest BCUT2D eigenvalue weighted by Crippen LogP contribution is 2.23. The first kappa shape index (κ1) is 15.0. The summed E-state index contributed by atoms with van der Waals surface area (Å²) in [5.41, 5.74) is 1.32. The summed E-state index contributed by atoms with van der Waals surface area (Å²) in [5, 5.41) is 8.63. The number of anilines is 1. The molecular formula is C16H23N5O. The quantitative estimate of drug-likeness (QED) is 0.869. The van der Waals surface area contributed by atoms with E-state index in [9.17, 15) is 4.79 Å². The fourth-order valence-corrected chi connectivity index (χ4v) is 3.03. The van der Waals surface area contributed by atoms with E-state index < -0.39 is 0 Å². The highest BCUT2D eigenvalue weighted by Gasteiger charge is 2.22. The number of carbonyl (C=O) groups excluding carboxylic acids is 1. The first-order valence-corrected chi connectivity index (χ1v) is 7.81. The Kier molecular flexibility index (Phi) is 4.11. The number of carbonyl (C=O) groups is 1. The van der Waals surface area contributed by atoms with Crippen molar-refractivity contribution in [2.75, 3.05) is 32.1 Å². The molecule has 22 heavy (non-hydrogen) atoms. The molecule has 2 aromatic heterocycles. The molecule has 2 aromatic rings. The van der Waals surface area contributed by atoms with Gasteiger partial charge < -0.3 is 10.2 Å². The second kappa shape index (κ2) is 6.04. The van der Waals surface area contributed by atoms with Crippen LogP contribution in [0, 0.1) is 5.92 Å². The van der Waals surface area contributed by atoms with Crippen LogP contribution in [0.25, 0.3) is 11.0 Å². The van der Waals surface area contributed by atoms with Gasteiger partial charge in [-0.3, -0.25) is 4.79 Å². The van der Waals surface area contributed by atoms with E-state index in [1.165, 1.54) is 0 Å². The second-order valence-electron chi connectivity index (χ2n) is 6.25. The van der Waals surface area contributed by atoms with Gasteiger partial charge in [-0.05, 0) is 44.0 Å². The Balaban J connectivity index is 1.88. The van der Waals surface area contributed by atoms with E-state index in [0.29, 0.717) is 18.0 Å². The molecule has 1 saturated heterocycles. The van der Waals surface area contributed by atoms with Crippen LogP contribution in [0.4, 0.5) is 5.82 Å². The van der Waals surface area contributed by atoms with Crippen LogP contribution >= 0.6 is 0 Å². The first-order valence-electron chi connectivity index (χ1n) is 7.81. The third kappa shape index (κ3) is 2.83. The molecule has 1 N–H and O–H groups in total. The van der Waals surface area contributed by atoms with Gasteiger partial charge in [0, 0.05) is 27.6 Å². The smallest absolute Gasteiger partial charge is 0.184 e. The van der Waals surface area contributed by atoms with Gasteiger partial charge in [0.05, 0.1) is 5.39 Å². The lowest BCUT2D eigenvalue weighted by molar-refractivity contribution is 0.0949. The molecule has 6 nitrogen and oxygen atoms in total. The molecule has 0 amide bonds. The Morgan fingerprint density at radius 3 is 2.95 bits per heavy atom. The maximum atomic E-state index is 12.6. The monoisotopic (exact) mass is 301 g/mol. The minimum absolute atomic E-state index is 0.124. The summed E-state index contributed by atoms with van der Waals surface area (Å²) in [6.45, 7) is 1.99. The minimum atomic E-state index is 0.124. The van der Waals surface area contributed by atoms with E-state index >= 15 is 0 Å². The summed E-state index contributed by atoms with van der Waals surface area (Å²) >= 11 is 0. The van der Waals surface area contributed by atoms with Crippen LogP contribution in [0.1, 0.15) is 29.8 Å². The van der Waals surface area contributed by atoms with E-state index in [4.69, 9.17) is 0 Å². The van der Waals surface area contributed by atoms with Crippen molar-refractivity contribution in [1.82, 2.24) is 20.1 Å². The number of rotatable bonds is 4. The van der Waals surface area contributed by atoms with Crippen LogP contribution in [0.15, 0.2) is 12.1 Å². The summed E-state index contributed by atoms with van der Waals surface area (Å²) in [6, 6.07) is 3.89. The van der Waals surface area contributed by atoms with Crippen LogP contribution in [0.3, 0.4) is 0 Å². The lowest BCUT2D eigenvalue weighted by Gasteiger charge is -2.21. The Hall–Kier alpha value is -1.95. The summed E-state index contributed by atoms with van der Waals surface area (Å²) in [7, 11) is 5.74. The van der Waals surface area contributed by atoms with Gasteiger partial charge in [0.2, 0.25) is 0 Å². The SMILES string of the molecule is CN(C)c1ccc2c(C(=O)CC3CCCNC3)nn(C)c2n1. The molecule has 3 rings (SSSR count). The molecule has 0 aromatic carbocycles. The summed E-state index contributed by atoms with van der Waals surface area (Å²) in [5.74, 6) is 1.41. The maximum absolute atomic E-state index is 12.6. The predicted molar refractivity (Wildman–Crippen MR) is 87.4 cm³/mol. The summed E-state index contributed by atoms with van der Waals surface area (Å²) in [6.07, 6.45) is 2.83. The molecule has 0 spiro atoms. The Morgan fingerprint density at radius 1 is 1.45 bits per heavy atom. The molecule has 1 aliphatic rings. The van der Waals surface area contributed by atoms with Crippen molar-refractivity contribution in [1.29, 1.82) is 0 Å². The number of hydrogen-bond acceptors (Lipinski definition) is 5. The van der Waals surface area contributed by atoms with Crippen molar-refractivity contribution in [3.05, 3.63) is 17.8 Å². The van der Waals surface area contributed by atoms with Gasteiger partial charge >= 0.3 is 0 Å². The molecule has 0 saturated carbocycles. The van der Waals surface area contributed by atoms with Gasteiger partial charge in [0.1, 0.15) is 11.5 Å². The fourth-order valence-electron chi connectivity index (χ4n) is 3.03. The molecule has 1 fully saturated rings. The number of Topliss-reactive ketones (excluding diaryl/α,β-unsaturated/α-hetero) is 1. The second-order valence-corrected chi connectivity index (χ2v) is 6.25. The largest absolute Gasteiger partial charge is 0.363 e. The summed E-state index contributed by atoms with van der Waals surface area (Å²) < 4.78 is 1.70. The number of hydrogen-bond donors (Lipinski definition) is 1. The van der Waals surface area contributed by atoms with E-state index in [-0.39, 0.29) is 5.78 Å². The van der Waals surface area contributed by atoms with Crippen LogP contribution < -0.4 is 10.2 Å². The number of ketones is 1. The van der Waals surface area contributed by atoms with Crippen LogP contribution in [-0.4, -0.2) is 47.7 Å². The normalized spacial score (nSPS) is 18.6. The lowest BCUT2D eigenvalue weighted by atomic mass is 9.93. The Morgan fingerprint density at radius 2 is 2.27 bits per heavy atom. The molecule has 0 radical (unpaired) electrons. The highest BCUT2D eigenvalue weighted by molar-refractivity contribution is 6.05. The van der Waals surface area contributed by atoms with Crippen molar-refractivity contribution in [3.8, 4) is 0 Å². The number of aryl methyl sites for hydroxylation is 1. The minimum Gasteiger partial charge on any atom is -0.363 e. The zero-order valence-corrected chi connectivity index (χ0v) is 13.5. The predicted octanol–water partition coefficient (Wildman–Crippen LogP) is 1.61. The lowest BCUT2D eigenvalue weighted by Crippen LogP contribution is -2.31. The Labute approximate surface area is 130 Å². The topological polar surface area (TPSA) is 63.1 Å². The van der Waals surface area contributed by atoms with Gasteiger partial charge in [-0.25, -0.2) is 9.67 Å². The summed E-state index contributed by atoms with van der Waals surface area (Å²) in [4.78, 5) is 19.1. The molecule has 6 heteroatoms. The zero-order chi connectivity index (χ0) is 15.7. The van der Waals surface area contributed by atoms with Gasteiger partial charge in [-0.1, -0.05) is 0 Å². The molecule has 1 atom stereocenters.